The van der Waals surface area contributed by atoms with Crippen molar-refractivity contribution in [1.29, 1.82) is 0 Å². The summed E-state index contributed by atoms with van der Waals surface area (Å²) in [6.07, 6.45) is 2.54. The molecule has 2 rings (SSSR count). The van der Waals surface area contributed by atoms with Crippen LogP contribution >= 0.6 is 0 Å². The zero-order chi connectivity index (χ0) is 15.4. The van der Waals surface area contributed by atoms with E-state index in [1.165, 1.54) is 14.2 Å². The van der Waals surface area contributed by atoms with Crippen molar-refractivity contribution in [1.82, 2.24) is 5.32 Å². The summed E-state index contributed by atoms with van der Waals surface area (Å²) in [7, 11) is 2.97. The van der Waals surface area contributed by atoms with Crippen molar-refractivity contribution < 1.29 is 24.2 Å². The molecule has 1 fully saturated rings. The van der Waals surface area contributed by atoms with Crippen LogP contribution in [0, 0.1) is 5.92 Å². The van der Waals surface area contributed by atoms with E-state index in [2.05, 4.69) is 5.32 Å². The lowest BCUT2D eigenvalue weighted by Crippen LogP contribution is -2.41. The van der Waals surface area contributed by atoms with E-state index in [0.29, 0.717) is 29.4 Å². The number of amides is 1. The monoisotopic (exact) mass is 293 g/mol. The summed E-state index contributed by atoms with van der Waals surface area (Å²) in [5, 5.41) is 11.7. The molecular formula is C15H19NO5. The summed E-state index contributed by atoms with van der Waals surface area (Å²) in [4.78, 5) is 23.5. The third-order valence-electron chi connectivity index (χ3n) is 3.52. The summed E-state index contributed by atoms with van der Waals surface area (Å²) in [6, 6.07) is 3.92. The molecule has 0 spiro atoms. The smallest absolute Gasteiger partial charge is 0.326 e. The minimum absolute atomic E-state index is 0.292. The van der Waals surface area contributed by atoms with Gasteiger partial charge in [0.05, 0.1) is 19.8 Å². The molecule has 1 atom stereocenters. The van der Waals surface area contributed by atoms with Gasteiger partial charge in [0.1, 0.15) is 17.5 Å². The maximum absolute atomic E-state index is 12.2. The Morgan fingerprint density at radius 1 is 1.33 bits per heavy atom. The number of methoxy groups -OCH3 is 2. The fourth-order valence-electron chi connectivity index (χ4n) is 2.13. The normalized spacial score (nSPS) is 15.1. The van der Waals surface area contributed by atoms with Crippen molar-refractivity contribution >= 4 is 11.9 Å². The highest BCUT2D eigenvalue weighted by Gasteiger charge is 2.30. The molecule has 0 bridgehead atoms. The first-order valence-corrected chi connectivity index (χ1v) is 6.80. The first-order chi connectivity index (χ1) is 10.0. The van der Waals surface area contributed by atoms with E-state index in [1.54, 1.807) is 18.2 Å². The van der Waals surface area contributed by atoms with Crippen LogP contribution in [0.5, 0.6) is 11.5 Å². The number of aliphatic carboxylic acids is 1. The largest absolute Gasteiger partial charge is 0.497 e. The standard InChI is InChI=1S/C15H19NO5/c1-20-10-5-6-11(13(8-10)21-2)14(17)16-12(15(18)19)7-9-3-4-9/h5-6,8-9,12H,3-4,7H2,1-2H3,(H,16,17)(H,18,19). The molecule has 0 radical (unpaired) electrons. The minimum Gasteiger partial charge on any atom is -0.497 e. The van der Waals surface area contributed by atoms with Crippen LogP contribution in [0.15, 0.2) is 18.2 Å². The van der Waals surface area contributed by atoms with E-state index >= 15 is 0 Å². The van der Waals surface area contributed by atoms with Crippen LogP contribution in [0.4, 0.5) is 0 Å². The molecule has 114 valence electrons. The van der Waals surface area contributed by atoms with Crippen molar-refractivity contribution in [3.8, 4) is 11.5 Å². The number of carbonyl (C=O) groups is 2. The highest BCUT2D eigenvalue weighted by Crippen LogP contribution is 2.33. The Morgan fingerprint density at radius 2 is 2.05 bits per heavy atom. The van der Waals surface area contributed by atoms with Crippen LogP contribution < -0.4 is 14.8 Å². The maximum atomic E-state index is 12.2. The quantitative estimate of drug-likeness (QED) is 0.799. The van der Waals surface area contributed by atoms with Gasteiger partial charge in [0.2, 0.25) is 0 Å². The molecule has 0 aromatic heterocycles. The van der Waals surface area contributed by atoms with E-state index in [1.807, 2.05) is 0 Å². The van der Waals surface area contributed by atoms with Gasteiger partial charge in [-0.1, -0.05) is 12.8 Å². The van der Waals surface area contributed by atoms with Crippen LogP contribution in [-0.4, -0.2) is 37.2 Å². The number of ether oxygens (including phenoxy) is 2. The molecule has 1 unspecified atom stereocenters. The number of nitrogens with one attached hydrogen (secondary N) is 1. The van der Waals surface area contributed by atoms with E-state index in [4.69, 9.17) is 9.47 Å². The number of carboxylic acid groups (broad SMARTS) is 1. The predicted octanol–water partition coefficient (Wildman–Crippen LogP) is 1.69. The van der Waals surface area contributed by atoms with E-state index in [0.717, 1.165) is 12.8 Å². The molecule has 21 heavy (non-hydrogen) atoms. The molecule has 1 aromatic rings. The van der Waals surface area contributed by atoms with Crippen LogP contribution in [-0.2, 0) is 4.79 Å². The average Bonchev–Trinajstić information content (AvgIpc) is 3.29. The van der Waals surface area contributed by atoms with Crippen LogP contribution in [0.2, 0.25) is 0 Å². The van der Waals surface area contributed by atoms with Gasteiger partial charge in [0, 0.05) is 6.07 Å². The molecule has 2 N–H and O–H groups in total. The first kappa shape index (κ1) is 15.2. The molecular weight excluding hydrogens is 274 g/mol. The van der Waals surface area contributed by atoms with Gasteiger partial charge in [-0.05, 0) is 24.5 Å². The molecule has 1 aromatic carbocycles. The molecule has 1 amide bonds. The SMILES string of the molecule is COc1ccc(C(=O)NC(CC2CC2)C(=O)O)c(OC)c1. The van der Waals surface area contributed by atoms with Crippen molar-refractivity contribution in [3.63, 3.8) is 0 Å². The predicted molar refractivity (Wildman–Crippen MR) is 75.8 cm³/mol. The Bertz CT molecular complexity index is 539. The highest BCUT2D eigenvalue weighted by molar-refractivity contribution is 5.99. The second kappa shape index (κ2) is 6.47. The van der Waals surface area contributed by atoms with E-state index in [9.17, 15) is 14.7 Å². The maximum Gasteiger partial charge on any atom is 0.326 e. The van der Waals surface area contributed by atoms with Gasteiger partial charge < -0.3 is 19.9 Å². The van der Waals surface area contributed by atoms with Gasteiger partial charge in [-0.3, -0.25) is 4.79 Å². The molecule has 1 aliphatic rings. The Kier molecular flexibility index (Phi) is 4.67. The van der Waals surface area contributed by atoms with Gasteiger partial charge in [0.25, 0.3) is 5.91 Å². The number of carboxylic acids is 1. The lowest BCUT2D eigenvalue weighted by molar-refractivity contribution is -0.139. The third kappa shape index (κ3) is 3.87. The summed E-state index contributed by atoms with van der Waals surface area (Å²) in [5.41, 5.74) is 0.292. The van der Waals surface area contributed by atoms with Crippen LogP contribution in [0.1, 0.15) is 29.6 Å². The fraction of sp³-hybridized carbons (Fsp3) is 0.467. The Balaban J connectivity index is 2.12. The average molecular weight is 293 g/mol. The second-order valence-corrected chi connectivity index (χ2v) is 5.11. The van der Waals surface area contributed by atoms with Crippen molar-refractivity contribution in [2.24, 2.45) is 5.92 Å². The van der Waals surface area contributed by atoms with Crippen LogP contribution in [0.25, 0.3) is 0 Å². The lowest BCUT2D eigenvalue weighted by Gasteiger charge is -2.16. The molecule has 6 heteroatoms. The molecule has 1 saturated carbocycles. The number of hydrogen-bond acceptors (Lipinski definition) is 4. The van der Waals surface area contributed by atoms with Crippen LogP contribution in [0.3, 0.4) is 0 Å². The summed E-state index contributed by atoms with van der Waals surface area (Å²) in [5.74, 6) is -0.145. The minimum atomic E-state index is -1.01. The van der Waals surface area contributed by atoms with Gasteiger partial charge >= 0.3 is 5.97 Å². The Morgan fingerprint density at radius 3 is 2.57 bits per heavy atom. The topological polar surface area (TPSA) is 84.9 Å². The van der Waals surface area contributed by atoms with Gasteiger partial charge in [-0.2, -0.15) is 0 Å². The zero-order valence-electron chi connectivity index (χ0n) is 12.1. The Hall–Kier alpha value is -2.24. The number of hydrogen-bond donors (Lipinski definition) is 2. The molecule has 1 aliphatic carbocycles. The van der Waals surface area contributed by atoms with Crippen molar-refractivity contribution in [2.75, 3.05) is 14.2 Å². The molecule has 0 aliphatic heterocycles. The molecule has 6 nitrogen and oxygen atoms in total. The van der Waals surface area contributed by atoms with E-state index < -0.39 is 17.9 Å². The third-order valence-corrected chi connectivity index (χ3v) is 3.52. The van der Waals surface area contributed by atoms with Gasteiger partial charge in [-0.15, -0.1) is 0 Å². The summed E-state index contributed by atoms with van der Waals surface area (Å²) in [6.45, 7) is 0. The number of benzene rings is 1. The Labute approximate surface area is 123 Å². The van der Waals surface area contributed by atoms with E-state index in [-0.39, 0.29) is 0 Å². The van der Waals surface area contributed by atoms with Gasteiger partial charge in [-0.25, -0.2) is 4.79 Å². The zero-order valence-corrected chi connectivity index (χ0v) is 12.1. The molecule has 0 heterocycles. The summed E-state index contributed by atoms with van der Waals surface area (Å²) < 4.78 is 10.2. The lowest BCUT2D eigenvalue weighted by atomic mass is 10.1. The number of rotatable bonds is 7. The number of carbonyl (C=O) groups excluding carboxylic acids is 1. The van der Waals surface area contributed by atoms with Crippen molar-refractivity contribution in [3.05, 3.63) is 23.8 Å². The summed E-state index contributed by atoms with van der Waals surface area (Å²) >= 11 is 0. The second-order valence-electron chi connectivity index (χ2n) is 5.11. The highest BCUT2D eigenvalue weighted by atomic mass is 16.5. The van der Waals surface area contributed by atoms with Crippen molar-refractivity contribution in [2.45, 2.75) is 25.3 Å². The first-order valence-electron chi connectivity index (χ1n) is 6.80. The van der Waals surface area contributed by atoms with Gasteiger partial charge in [0.15, 0.2) is 0 Å². The molecule has 0 saturated heterocycles. The fourth-order valence-corrected chi connectivity index (χ4v) is 2.13.